The maximum Gasteiger partial charge on any atom is 0.339 e. The van der Waals surface area contributed by atoms with Crippen LogP contribution in [0.2, 0.25) is 0 Å². The molecule has 1 N–H and O–H groups in total. The van der Waals surface area contributed by atoms with Gasteiger partial charge in [-0.15, -0.1) is 0 Å². The lowest BCUT2D eigenvalue weighted by Crippen LogP contribution is -2.22. The molecule has 2 rings (SSSR count). The highest BCUT2D eigenvalue weighted by Gasteiger charge is 2.21. The summed E-state index contributed by atoms with van der Waals surface area (Å²) in [5, 5.41) is 14.2. The van der Waals surface area contributed by atoms with E-state index < -0.39 is 21.7 Å². The Morgan fingerprint density at radius 1 is 1.33 bits per heavy atom. The van der Waals surface area contributed by atoms with E-state index in [-0.39, 0.29) is 21.8 Å². The van der Waals surface area contributed by atoms with Crippen molar-refractivity contribution in [3.05, 3.63) is 57.8 Å². The number of rotatable bonds is 6. The second-order valence-electron chi connectivity index (χ2n) is 6.77. The zero-order chi connectivity index (χ0) is 20.2. The summed E-state index contributed by atoms with van der Waals surface area (Å²) in [6.45, 7) is 5.71. The van der Waals surface area contributed by atoms with Crippen LogP contribution in [-0.2, 0) is 21.3 Å². The molecule has 0 aliphatic carbocycles. The van der Waals surface area contributed by atoms with Crippen molar-refractivity contribution in [3.8, 4) is 0 Å². The molecule has 0 saturated carbocycles. The third kappa shape index (κ3) is 5.33. The third-order valence-electron chi connectivity index (χ3n) is 3.66. The summed E-state index contributed by atoms with van der Waals surface area (Å²) in [7, 11) is 0.121. The molecule has 1 atom stereocenters. The first kappa shape index (κ1) is 20.5. The van der Waals surface area contributed by atoms with E-state index >= 15 is 0 Å². The van der Waals surface area contributed by atoms with Crippen LogP contribution in [0, 0.1) is 10.1 Å². The molecule has 0 aliphatic heterocycles. The summed E-state index contributed by atoms with van der Waals surface area (Å²) in [4.78, 5) is 26.2. The van der Waals surface area contributed by atoms with Crippen molar-refractivity contribution in [2.75, 3.05) is 12.4 Å². The van der Waals surface area contributed by atoms with Gasteiger partial charge in [0, 0.05) is 39.3 Å². The molecular weight excluding hydrogens is 370 g/mol. The lowest BCUT2D eigenvalue weighted by molar-refractivity contribution is -0.384. The number of esters is 1. The van der Waals surface area contributed by atoms with Gasteiger partial charge in [-0.05, 0) is 38.5 Å². The van der Waals surface area contributed by atoms with Crippen LogP contribution in [0.15, 0.2) is 36.5 Å². The van der Waals surface area contributed by atoms with Crippen LogP contribution in [0.4, 0.5) is 17.2 Å². The van der Waals surface area contributed by atoms with Gasteiger partial charge in [-0.2, -0.15) is 0 Å². The van der Waals surface area contributed by atoms with Crippen molar-refractivity contribution in [3.63, 3.8) is 0 Å². The number of carbonyl (C=O) groups excluding carboxylic acids is 1. The van der Waals surface area contributed by atoms with Crippen molar-refractivity contribution in [1.29, 1.82) is 0 Å². The van der Waals surface area contributed by atoms with Crippen LogP contribution in [-0.4, -0.2) is 31.9 Å². The van der Waals surface area contributed by atoms with Crippen molar-refractivity contribution < 1.29 is 18.7 Å². The van der Waals surface area contributed by atoms with E-state index in [9.17, 15) is 19.1 Å². The Morgan fingerprint density at radius 3 is 2.63 bits per heavy atom. The molecule has 2 aromatic rings. The number of carbonyl (C=O) groups is 1. The molecule has 0 amide bonds. The average Bonchev–Trinajstić information content (AvgIpc) is 2.60. The Hall–Kier alpha value is -2.81. The maximum absolute atomic E-state index is 12.3. The molecule has 0 spiro atoms. The van der Waals surface area contributed by atoms with Crippen LogP contribution in [0.3, 0.4) is 0 Å². The molecule has 0 fully saturated rings. The van der Waals surface area contributed by atoms with E-state index in [0.717, 1.165) is 11.6 Å². The lowest BCUT2D eigenvalue weighted by Gasteiger charge is -2.18. The number of hydrogen-bond acceptors (Lipinski definition) is 7. The highest BCUT2D eigenvalue weighted by molar-refractivity contribution is 7.85. The van der Waals surface area contributed by atoms with Crippen LogP contribution < -0.4 is 5.32 Å². The number of anilines is 2. The Morgan fingerprint density at radius 2 is 2.04 bits per heavy atom. The molecule has 1 unspecified atom stereocenters. The molecule has 1 aromatic carbocycles. The van der Waals surface area contributed by atoms with E-state index in [0.29, 0.717) is 11.4 Å². The van der Waals surface area contributed by atoms with Crippen LogP contribution in [0.25, 0.3) is 0 Å². The van der Waals surface area contributed by atoms with Gasteiger partial charge in [-0.1, -0.05) is 12.1 Å². The Bertz CT molecular complexity index is 893. The maximum atomic E-state index is 12.3. The minimum Gasteiger partial charge on any atom is -0.465 e. The van der Waals surface area contributed by atoms with E-state index in [4.69, 9.17) is 0 Å². The van der Waals surface area contributed by atoms with Crippen LogP contribution in [0.1, 0.15) is 36.7 Å². The number of pyridine rings is 1. The minimum absolute atomic E-state index is 0.00162. The minimum atomic E-state index is -1.07. The summed E-state index contributed by atoms with van der Waals surface area (Å²) >= 11 is 0. The van der Waals surface area contributed by atoms with Crippen molar-refractivity contribution in [2.45, 2.75) is 31.3 Å². The highest BCUT2D eigenvalue weighted by Crippen LogP contribution is 2.27. The van der Waals surface area contributed by atoms with Crippen molar-refractivity contribution >= 4 is 34.0 Å². The zero-order valence-electron chi connectivity index (χ0n) is 15.5. The van der Waals surface area contributed by atoms with Gasteiger partial charge >= 0.3 is 11.7 Å². The van der Waals surface area contributed by atoms with Gasteiger partial charge in [-0.3, -0.25) is 14.3 Å². The molecular formula is C18H21N3O5S. The first-order chi connectivity index (χ1) is 12.6. The molecule has 9 heteroatoms. The number of aromatic nitrogens is 1. The van der Waals surface area contributed by atoms with Gasteiger partial charge in [0.2, 0.25) is 5.82 Å². The fraction of sp³-hybridized carbons (Fsp3) is 0.333. The summed E-state index contributed by atoms with van der Waals surface area (Å²) in [5.41, 5.74) is 1.05. The highest BCUT2D eigenvalue weighted by atomic mass is 32.2. The molecule has 8 nitrogen and oxygen atoms in total. The van der Waals surface area contributed by atoms with Gasteiger partial charge in [0.05, 0.1) is 17.6 Å². The SMILES string of the molecule is COC(=O)c1cnc(Nc2cccc(CS(=O)C(C)(C)C)c2)c([N+](=O)[O-])c1. The number of nitro groups is 1. The fourth-order valence-corrected chi connectivity index (χ4v) is 3.08. The standard InChI is InChI=1S/C18H21N3O5S/c1-18(2,3)27(25)11-12-6-5-7-14(8-12)20-16-15(21(23)24)9-13(10-19-16)17(22)26-4/h5-10H,11H2,1-4H3,(H,19,20). The normalized spacial score (nSPS) is 12.3. The molecule has 1 heterocycles. The van der Waals surface area contributed by atoms with Gasteiger partial charge in [0.25, 0.3) is 0 Å². The Kier molecular flexibility index (Phi) is 6.27. The molecule has 144 valence electrons. The van der Waals surface area contributed by atoms with E-state index in [1.165, 1.54) is 13.3 Å². The summed E-state index contributed by atoms with van der Waals surface area (Å²) in [6, 6.07) is 8.22. The zero-order valence-corrected chi connectivity index (χ0v) is 16.3. The molecule has 0 radical (unpaired) electrons. The van der Waals surface area contributed by atoms with E-state index in [1.54, 1.807) is 18.2 Å². The smallest absolute Gasteiger partial charge is 0.339 e. The second kappa shape index (κ2) is 8.26. The monoisotopic (exact) mass is 391 g/mol. The Labute approximate surface area is 159 Å². The lowest BCUT2D eigenvalue weighted by atomic mass is 10.2. The predicted molar refractivity (Wildman–Crippen MR) is 104 cm³/mol. The largest absolute Gasteiger partial charge is 0.465 e. The molecule has 1 aromatic heterocycles. The number of nitrogens with zero attached hydrogens (tertiary/aromatic N) is 2. The third-order valence-corrected chi connectivity index (χ3v) is 5.62. The van der Waals surface area contributed by atoms with Gasteiger partial charge < -0.3 is 10.1 Å². The van der Waals surface area contributed by atoms with E-state index in [1.807, 2.05) is 26.8 Å². The molecule has 27 heavy (non-hydrogen) atoms. The van der Waals surface area contributed by atoms with Crippen molar-refractivity contribution in [2.24, 2.45) is 0 Å². The fourth-order valence-electron chi connectivity index (χ4n) is 2.16. The number of hydrogen-bond donors (Lipinski definition) is 1. The first-order valence-corrected chi connectivity index (χ1v) is 9.41. The van der Waals surface area contributed by atoms with Gasteiger partial charge in [0.1, 0.15) is 0 Å². The summed E-state index contributed by atoms with van der Waals surface area (Å²) in [6.07, 6.45) is 1.21. The predicted octanol–water partition coefficient (Wildman–Crippen LogP) is 3.57. The number of nitrogens with one attached hydrogen (secondary N) is 1. The van der Waals surface area contributed by atoms with Crippen molar-refractivity contribution in [1.82, 2.24) is 4.98 Å². The van der Waals surface area contributed by atoms with Gasteiger partial charge in [-0.25, -0.2) is 9.78 Å². The quantitative estimate of drug-likeness (QED) is 0.455. The summed E-state index contributed by atoms with van der Waals surface area (Å²) < 4.78 is 16.5. The average molecular weight is 391 g/mol. The Balaban J connectivity index is 2.29. The van der Waals surface area contributed by atoms with Crippen LogP contribution >= 0.6 is 0 Å². The summed E-state index contributed by atoms with van der Waals surface area (Å²) in [5.74, 6) is -0.332. The molecule has 0 bridgehead atoms. The number of ether oxygens (including phenoxy) is 1. The second-order valence-corrected chi connectivity index (χ2v) is 8.97. The van der Waals surface area contributed by atoms with Crippen LogP contribution in [0.5, 0.6) is 0 Å². The topological polar surface area (TPSA) is 111 Å². The number of methoxy groups -OCH3 is 1. The number of benzene rings is 1. The first-order valence-electron chi connectivity index (χ1n) is 8.09. The molecule has 0 aliphatic rings. The van der Waals surface area contributed by atoms with E-state index in [2.05, 4.69) is 15.0 Å². The van der Waals surface area contributed by atoms with Gasteiger partial charge in [0.15, 0.2) is 0 Å². The molecule has 0 saturated heterocycles.